The van der Waals surface area contributed by atoms with Crippen molar-refractivity contribution < 1.29 is 23.8 Å². The van der Waals surface area contributed by atoms with Crippen LogP contribution in [0.15, 0.2) is 22.8 Å². The highest BCUT2D eigenvalue weighted by atomic mass is 16.6. The number of furan rings is 1. The summed E-state index contributed by atoms with van der Waals surface area (Å²) in [6.07, 6.45) is 2.81. The summed E-state index contributed by atoms with van der Waals surface area (Å²) in [6.45, 7) is 8.11. The van der Waals surface area contributed by atoms with Gasteiger partial charge in [-0.1, -0.05) is 0 Å². The molecule has 0 aliphatic carbocycles. The molecule has 7 heteroatoms. The summed E-state index contributed by atoms with van der Waals surface area (Å²) in [6, 6.07) is 3.88. The number of nitrogens with zero attached hydrogens (tertiary/aromatic N) is 1. The molecule has 2 rings (SSSR count). The lowest BCUT2D eigenvalue weighted by atomic mass is 9.85. The molecule has 1 amide bonds. The van der Waals surface area contributed by atoms with Gasteiger partial charge in [-0.15, -0.1) is 0 Å². The molecule has 1 saturated heterocycles. The van der Waals surface area contributed by atoms with E-state index in [-0.39, 0.29) is 12.5 Å². The lowest BCUT2D eigenvalue weighted by molar-refractivity contribution is -0.141. The molecule has 1 aliphatic heterocycles. The van der Waals surface area contributed by atoms with Gasteiger partial charge in [0.05, 0.1) is 18.2 Å². The summed E-state index contributed by atoms with van der Waals surface area (Å²) >= 11 is 0. The van der Waals surface area contributed by atoms with E-state index in [9.17, 15) is 14.7 Å². The van der Waals surface area contributed by atoms with E-state index in [1.807, 2.05) is 39.8 Å². The second-order valence-electron chi connectivity index (χ2n) is 7.85. The van der Waals surface area contributed by atoms with Gasteiger partial charge in [0.2, 0.25) is 0 Å². The van der Waals surface area contributed by atoms with Crippen molar-refractivity contribution in [2.24, 2.45) is 0 Å². The van der Waals surface area contributed by atoms with Crippen molar-refractivity contribution in [1.29, 1.82) is 0 Å². The van der Waals surface area contributed by atoms with Crippen LogP contribution >= 0.6 is 0 Å². The lowest BCUT2D eigenvalue weighted by Gasteiger charge is -2.51. The van der Waals surface area contributed by atoms with Crippen LogP contribution in [0.25, 0.3) is 0 Å². The summed E-state index contributed by atoms with van der Waals surface area (Å²) in [5, 5.41) is 12.6. The Morgan fingerprint density at radius 3 is 2.64 bits per heavy atom. The summed E-state index contributed by atoms with van der Waals surface area (Å²) < 4.78 is 10.7. The SMILES string of the molecule is CC(CCc1ccco1)NC1(CC(=O)O)CN(C(=O)OC(C)(C)C)C1. The minimum atomic E-state index is -0.880. The van der Waals surface area contributed by atoms with Crippen molar-refractivity contribution in [3.8, 4) is 0 Å². The van der Waals surface area contributed by atoms with E-state index in [1.165, 1.54) is 0 Å². The first-order chi connectivity index (χ1) is 11.6. The molecule has 0 bridgehead atoms. The van der Waals surface area contributed by atoms with Crippen molar-refractivity contribution in [2.45, 2.75) is 64.1 Å². The summed E-state index contributed by atoms with van der Waals surface area (Å²) in [4.78, 5) is 24.9. The van der Waals surface area contributed by atoms with Gasteiger partial charge in [-0.3, -0.25) is 4.79 Å². The second kappa shape index (κ2) is 7.47. The van der Waals surface area contributed by atoms with E-state index < -0.39 is 23.2 Å². The Balaban J connectivity index is 1.89. The predicted molar refractivity (Wildman–Crippen MR) is 92.4 cm³/mol. The standard InChI is InChI=1S/C18H28N2O5/c1-13(7-8-14-6-5-9-24-14)19-18(10-15(21)22)11-20(12-18)16(23)25-17(2,3)4/h5-6,9,13,19H,7-8,10-12H2,1-4H3,(H,21,22). The van der Waals surface area contributed by atoms with Crippen LogP contribution < -0.4 is 5.32 Å². The number of ether oxygens (including phenoxy) is 1. The van der Waals surface area contributed by atoms with E-state index in [4.69, 9.17) is 9.15 Å². The third kappa shape index (κ3) is 5.77. The molecular formula is C18H28N2O5. The molecule has 1 aromatic rings. The summed E-state index contributed by atoms with van der Waals surface area (Å²) in [7, 11) is 0. The maximum Gasteiger partial charge on any atom is 0.410 e. The van der Waals surface area contributed by atoms with Crippen LogP contribution in [0.1, 0.15) is 46.3 Å². The number of carbonyl (C=O) groups excluding carboxylic acids is 1. The van der Waals surface area contributed by atoms with Crippen LogP contribution in [0.5, 0.6) is 0 Å². The molecule has 140 valence electrons. The summed E-state index contributed by atoms with van der Waals surface area (Å²) in [5.41, 5.74) is -1.17. The molecule has 1 aromatic heterocycles. The van der Waals surface area contributed by atoms with E-state index in [0.29, 0.717) is 13.1 Å². The van der Waals surface area contributed by atoms with Gasteiger partial charge >= 0.3 is 12.1 Å². The fraction of sp³-hybridized carbons (Fsp3) is 0.667. The lowest BCUT2D eigenvalue weighted by Crippen LogP contribution is -2.72. The van der Waals surface area contributed by atoms with Crippen LogP contribution in [-0.4, -0.2) is 52.3 Å². The number of likely N-dealkylation sites (tertiary alicyclic amines) is 1. The van der Waals surface area contributed by atoms with Crippen LogP contribution in [0.3, 0.4) is 0 Å². The monoisotopic (exact) mass is 352 g/mol. The Bertz CT molecular complexity index is 585. The zero-order valence-corrected chi connectivity index (χ0v) is 15.4. The maximum atomic E-state index is 12.1. The molecule has 0 spiro atoms. The summed E-state index contributed by atoms with van der Waals surface area (Å²) in [5.74, 6) is 0.0273. The van der Waals surface area contributed by atoms with Crippen molar-refractivity contribution >= 4 is 12.1 Å². The topological polar surface area (TPSA) is 92.0 Å². The van der Waals surface area contributed by atoms with Crippen LogP contribution in [-0.2, 0) is 16.0 Å². The molecule has 1 fully saturated rings. The number of nitrogens with one attached hydrogen (secondary N) is 1. The minimum absolute atomic E-state index is 0.0304. The first-order valence-electron chi connectivity index (χ1n) is 8.58. The van der Waals surface area contributed by atoms with Crippen molar-refractivity contribution in [3.63, 3.8) is 0 Å². The number of aliphatic carboxylic acids is 1. The Morgan fingerprint density at radius 2 is 2.12 bits per heavy atom. The largest absolute Gasteiger partial charge is 0.481 e. The van der Waals surface area contributed by atoms with E-state index in [2.05, 4.69) is 5.32 Å². The zero-order valence-electron chi connectivity index (χ0n) is 15.4. The molecule has 1 aliphatic rings. The first-order valence-corrected chi connectivity index (χ1v) is 8.58. The van der Waals surface area contributed by atoms with Crippen molar-refractivity contribution in [2.75, 3.05) is 13.1 Å². The van der Waals surface area contributed by atoms with Gasteiger partial charge in [-0.25, -0.2) is 4.79 Å². The van der Waals surface area contributed by atoms with Gasteiger partial charge in [0.1, 0.15) is 11.4 Å². The Hall–Kier alpha value is -2.02. The fourth-order valence-electron chi connectivity index (χ4n) is 3.09. The van der Waals surface area contributed by atoms with E-state index >= 15 is 0 Å². The maximum absolute atomic E-state index is 12.1. The molecule has 25 heavy (non-hydrogen) atoms. The number of carbonyl (C=O) groups is 2. The molecular weight excluding hydrogens is 324 g/mol. The van der Waals surface area contributed by atoms with Gasteiger partial charge in [0, 0.05) is 25.6 Å². The number of aryl methyl sites for hydroxylation is 1. The number of amides is 1. The van der Waals surface area contributed by atoms with Gasteiger partial charge < -0.3 is 24.5 Å². The normalized spacial score (nSPS) is 17.7. The second-order valence-corrected chi connectivity index (χ2v) is 7.85. The molecule has 1 unspecified atom stereocenters. The fourth-order valence-corrected chi connectivity index (χ4v) is 3.09. The molecule has 0 saturated carbocycles. The highest BCUT2D eigenvalue weighted by Gasteiger charge is 2.48. The van der Waals surface area contributed by atoms with Crippen LogP contribution in [0, 0.1) is 0 Å². The van der Waals surface area contributed by atoms with Gasteiger partial charge in [-0.05, 0) is 46.2 Å². The average molecular weight is 352 g/mol. The Kier molecular flexibility index (Phi) is 5.77. The molecule has 0 aromatic carbocycles. The van der Waals surface area contributed by atoms with E-state index in [0.717, 1.165) is 18.6 Å². The first kappa shape index (κ1) is 19.3. The van der Waals surface area contributed by atoms with Crippen molar-refractivity contribution in [3.05, 3.63) is 24.2 Å². The molecule has 0 radical (unpaired) electrons. The number of carboxylic acid groups (broad SMARTS) is 1. The van der Waals surface area contributed by atoms with Gasteiger partial charge in [0.25, 0.3) is 0 Å². The molecule has 1 atom stereocenters. The number of hydrogen-bond donors (Lipinski definition) is 2. The predicted octanol–water partition coefficient (Wildman–Crippen LogP) is 2.65. The molecule has 2 heterocycles. The third-order valence-corrected chi connectivity index (χ3v) is 4.08. The Morgan fingerprint density at radius 1 is 1.44 bits per heavy atom. The third-order valence-electron chi connectivity index (χ3n) is 4.08. The smallest absolute Gasteiger partial charge is 0.410 e. The zero-order chi connectivity index (χ0) is 18.7. The minimum Gasteiger partial charge on any atom is -0.481 e. The van der Waals surface area contributed by atoms with Gasteiger partial charge in [0.15, 0.2) is 0 Å². The quantitative estimate of drug-likeness (QED) is 0.784. The van der Waals surface area contributed by atoms with E-state index in [1.54, 1.807) is 11.2 Å². The molecule has 7 nitrogen and oxygen atoms in total. The average Bonchev–Trinajstić information content (AvgIpc) is 2.92. The van der Waals surface area contributed by atoms with Crippen LogP contribution in [0.2, 0.25) is 0 Å². The van der Waals surface area contributed by atoms with Crippen molar-refractivity contribution in [1.82, 2.24) is 10.2 Å². The number of rotatable bonds is 7. The van der Waals surface area contributed by atoms with Gasteiger partial charge in [-0.2, -0.15) is 0 Å². The molecule has 2 N–H and O–H groups in total. The number of carboxylic acids is 1. The number of hydrogen-bond acceptors (Lipinski definition) is 5. The van der Waals surface area contributed by atoms with Crippen LogP contribution in [0.4, 0.5) is 4.79 Å². The Labute approximate surface area is 148 Å². The highest BCUT2D eigenvalue weighted by molar-refractivity contribution is 5.73. The highest BCUT2D eigenvalue weighted by Crippen LogP contribution is 2.28.